The van der Waals surface area contributed by atoms with Crippen LogP contribution in [0.1, 0.15) is 0 Å². The number of para-hydroxylation sites is 2. The Hall–Kier alpha value is -6.46. The van der Waals surface area contributed by atoms with Gasteiger partial charge in [-0.3, -0.25) is 0 Å². The van der Waals surface area contributed by atoms with Crippen molar-refractivity contribution in [2.45, 2.75) is 25.1 Å². The molecule has 5 nitrogen and oxygen atoms in total. The third kappa shape index (κ3) is 9.64. The van der Waals surface area contributed by atoms with Crippen molar-refractivity contribution < 1.29 is 25.8 Å². The minimum atomic E-state index is -5.69. The lowest BCUT2D eigenvalue weighted by atomic mass is 9.95. The summed E-state index contributed by atoms with van der Waals surface area (Å²) in [6.45, 7) is 5.72. The van der Waals surface area contributed by atoms with Crippen LogP contribution in [0.15, 0.2) is 219 Å². The molecule has 4 heterocycles. The number of fused-ring (bicyclic) bond motifs is 6. The summed E-state index contributed by atoms with van der Waals surface area (Å²) in [5.74, 6) is -0.258. The van der Waals surface area contributed by atoms with E-state index in [9.17, 15) is 21.6 Å². The zero-order valence-electron chi connectivity index (χ0n) is 39.2. The van der Waals surface area contributed by atoms with Gasteiger partial charge >= 0.3 is 15.6 Å². The molecule has 12 heteroatoms. The smallest absolute Gasteiger partial charge is 0.376 e. The van der Waals surface area contributed by atoms with E-state index < -0.39 is 23.7 Å². The molecule has 0 unspecified atom stereocenters. The van der Waals surface area contributed by atoms with Crippen molar-refractivity contribution >= 4 is 117 Å². The number of hydrogen-bond acceptors (Lipinski definition) is 3. The molecule has 0 aliphatic heterocycles. The van der Waals surface area contributed by atoms with Gasteiger partial charge in [-0.05, 0) is 149 Å². The summed E-state index contributed by atoms with van der Waals surface area (Å²) in [4.78, 5) is 0. The van der Waals surface area contributed by atoms with Gasteiger partial charge in [0.1, 0.15) is 5.75 Å². The molecular weight excluding hydrogens is 1170 g/mol. The monoisotopic (exact) mass is 1210 g/mol. The van der Waals surface area contributed by atoms with Crippen LogP contribution in [0.2, 0.25) is 19.6 Å². The first-order chi connectivity index (χ1) is 34.6. The first kappa shape index (κ1) is 49.1. The third-order valence-corrected chi connectivity index (χ3v) is 17.4. The van der Waals surface area contributed by atoms with Crippen LogP contribution >= 0.6 is 45.2 Å². The van der Waals surface area contributed by atoms with Crippen molar-refractivity contribution in [3.63, 3.8) is 0 Å². The maximum atomic E-state index is 12.6. The lowest BCUT2D eigenvalue weighted by Gasteiger charge is -2.22. The Morgan fingerprint density at radius 2 is 0.889 bits per heavy atom. The van der Waals surface area contributed by atoms with Crippen LogP contribution in [0.4, 0.5) is 13.2 Å². The quantitative estimate of drug-likeness (QED) is 0.0399. The molecule has 4 aromatic heterocycles. The molecule has 0 bridgehead atoms. The average molecular weight is 1210 g/mol. The zero-order valence-corrected chi connectivity index (χ0v) is 45.3. The molecule has 72 heavy (non-hydrogen) atoms. The van der Waals surface area contributed by atoms with Crippen molar-refractivity contribution in [1.82, 2.24) is 8.97 Å². The maximum absolute atomic E-state index is 12.6. The van der Waals surface area contributed by atoms with Crippen LogP contribution in [-0.4, -0.2) is 31.0 Å². The zero-order chi connectivity index (χ0) is 50.4. The van der Waals surface area contributed by atoms with Crippen molar-refractivity contribution in [3.8, 4) is 44.8 Å². The molecule has 0 saturated heterocycles. The predicted molar refractivity (Wildman–Crippen MR) is 311 cm³/mol. The summed E-state index contributed by atoms with van der Waals surface area (Å²) in [7, 11) is -7.85. The maximum Gasteiger partial charge on any atom is 0.534 e. The first-order valence-corrected chi connectivity index (χ1v) is 30.2. The van der Waals surface area contributed by atoms with Gasteiger partial charge in [-0.1, -0.05) is 171 Å². The second kappa shape index (κ2) is 19.9. The largest absolute Gasteiger partial charge is 0.534 e. The molecule has 0 atom stereocenters. The van der Waals surface area contributed by atoms with Gasteiger partial charge < -0.3 is 13.2 Å². The number of hydrogen-bond donors (Lipinski definition) is 0. The fourth-order valence-electron chi connectivity index (χ4n) is 9.30. The van der Waals surface area contributed by atoms with Crippen LogP contribution in [0.5, 0.6) is 5.75 Å². The molecular formula is C60H45F3I2N2O3SSi. The van der Waals surface area contributed by atoms with E-state index in [0.29, 0.717) is 5.19 Å². The molecule has 0 spiro atoms. The molecule has 8 aromatic carbocycles. The van der Waals surface area contributed by atoms with E-state index in [0.717, 1.165) is 11.1 Å². The summed E-state index contributed by atoms with van der Waals surface area (Å²) < 4.78 is 72.0. The van der Waals surface area contributed by atoms with Crippen LogP contribution in [-0.2, 0) is 10.1 Å². The number of benzene rings is 8. The molecule has 12 rings (SSSR count). The van der Waals surface area contributed by atoms with Crippen molar-refractivity contribution in [1.29, 1.82) is 0 Å². The highest BCUT2D eigenvalue weighted by molar-refractivity contribution is 14.1. The highest BCUT2D eigenvalue weighted by Crippen LogP contribution is 2.42. The van der Waals surface area contributed by atoms with Gasteiger partial charge in [0.15, 0.2) is 0 Å². The van der Waals surface area contributed by atoms with E-state index in [-0.39, 0.29) is 5.75 Å². The number of halogens is 5. The number of aromatic nitrogens is 2. The van der Waals surface area contributed by atoms with E-state index in [2.05, 4.69) is 216 Å². The van der Waals surface area contributed by atoms with Gasteiger partial charge in [-0.15, -0.1) is 0 Å². The first-order valence-electron chi connectivity index (χ1n) is 23.1. The Morgan fingerprint density at radius 3 is 1.33 bits per heavy atom. The van der Waals surface area contributed by atoms with Crippen LogP contribution in [0.25, 0.3) is 87.9 Å². The SMILES string of the molecule is C[Si](C)(C)c1cc(-c2ccccc2)ccc1OS(=O)(=O)C(F)(F)F.Ic1cccc(I)c1-n1cccc1.c1ccc(-c2ccc3c(c2)c2ccc4c5cc(-c6ccccc6)ccc5c5cccc3c5n24)cc1. The fourth-order valence-corrected chi connectivity index (χ4v) is 13.4. The van der Waals surface area contributed by atoms with E-state index in [1.165, 1.54) is 90.0 Å². The number of alkyl halides is 3. The summed E-state index contributed by atoms with van der Waals surface area (Å²) in [5, 5.41) is 8.33. The standard InChI is InChI=1S/C34H21N.C16H17F3O3SSi.C10H7I2N/c1-3-8-22(9-4-1)24-14-16-26-28-12-7-13-29-27-17-15-25(23-10-5-2-6-11-23)21-31(27)33-19-18-32(30(26)20-24)35(33)34(28)29;1-24(2,3)15-11-13(12-7-5-4-6-8-12)9-10-14(15)22-23(20,21)16(17,18)19;11-8-4-3-5-9(12)10(8)13-6-1-2-7-13/h1-21H;4-11H,1-3H3;1-7H. The molecule has 0 N–H and O–H groups in total. The van der Waals surface area contributed by atoms with E-state index in [4.69, 9.17) is 0 Å². The second-order valence-electron chi connectivity index (χ2n) is 18.4. The molecule has 0 fully saturated rings. The molecule has 0 aliphatic carbocycles. The van der Waals surface area contributed by atoms with E-state index in [1.807, 2.05) is 62.1 Å². The Bertz CT molecular complexity index is 3850. The normalized spacial score (nSPS) is 12.0. The van der Waals surface area contributed by atoms with Crippen LogP contribution in [0, 0.1) is 7.14 Å². The molecule has 358 valence electrons. The topological polar surface area (TPSA) is 52.7 Å². The number of rotatable bonds is 7. The van der Waals surface area contributed by atoms with E-state index >= 15 is 0 Å². The number of nitrogens with zero attached hydrogens (tertiary/aromatic N) is 2. The summed E-state index contributed by atoms with van der Waals surface area (Å²) >= 11 is 4.72. The van der Waals surface area contributed by atoms with E-state index in [1.54, 1.807) is 12.1 Å². The van der Waals surface area contributed by atoms with Crippen molar-refractivity contribution in [2.24, 2.45) is 0 Å². The molecule has 0 aliphatic rings. The number of pyridine rings is 2. The molecule has 0 saturated carbocycles. The van der Waals surface area contributed by atoms with Gasteiger partial charge in [-0.2, -0.15) is 21.6 Å². The average Bonchev–Trinajstić information content (AvgIpc) is 4.09. The predicted octanol–water partition coefficient (Wildman–Crippen LogP) is 17.1. The second-order valence-corrected chi connectivity index (χ2v) is 27.3. The molecule has 0 amide bonds. The lowest BCUT2D eigenvalue weighted by Crippen LogP contribution is -2.40. The highest BCUT2D eigenvalue weighted by Gasteiger charge is 2.49. The van der Waals surface area contributed by atoms with Gasteiger partial charge in [0.2, 0.25) is 0 Å². The third-order valence-electron chi connectivity index (χ3n) is 12.7. The minimum absolute atomic E-state index is 0.258. The Kier molecular flexibility index (Phi) is 13.6. The van der Waals surface area contributed by atoms with Gasteiger partial charge in [-0.25, -0.2) is 0 Å². The summed E-state index contributed by atoms with van der Waals surface area (Å²) in [6, 6.07) is 70.8. The Labute approximate surface area is 444 Å². The molecule has 12 aromatic rings. The fraction of sp³-hybridized carbons (Fsp3) is 0.0667. The Balaban J connectivity index is 0.000000139. The minimum Gasteiger partial charge on any atom is -0.376 e. The Morgan fingerprint density at radius 1 is 0.458 bits per heavy atom. The van der Waals surface area contributed by atoms with Gasteiger partial charge in [0.25, 0.3) is 0 Å². The van der Waals surface area contributed by atoms with Crippen molar-refractivity contribution in [3.05, 3.63) is 226 Å². The van der Waals surface area contributed by atoms with Crippen LogP contribution in [0.3, 0.4) is 0 Å². The van der Waals surface area contributed by atoms with Crippen LogP contribution < -0.4 is 9.37 Å². The highest BCUT2D eigenvalue weighted by atomic mass is 127. The van der Waals surface area contributed by atoms with Gasteiger partial charge in [0, 0.05) is 41.1 Å². The summed E-state index contributed by atoms with van der Waals surface area (Å²) in [6.07, 6.45) is 4.14. The lowest BCUT2D eigenvalue weighted by molar-refractivity contribution is -0.0499. The summed E-state index contributed by atoms with van der Waals surface area (Å²) in [5.41, 5.74) is 6.34. The molecule has 0 radical (unpaired) electrons. The van der Waals surface area contributed by atoms with Crippen molar-refractivity contribution in [2.75, 3.05) is 0 Å². The van der Waals surface area contributed by atoms with Gasteiger partial charge in [0.05, 0.1) is 30.3 Å².